The molecule has 0 saturated carbocycles. The molecule has 0 fully saturated rings. The summed E-state index contributed by atoms with van der Waals surface area (Å²) in [5.41, 5.74) is 7.13. The van der Waals surface area contributed by atoms with Crippen molar-refractivity contribution in [3.63, 3.8) is 0 Å². The van der Waals surface area contributed by atoms with Gasteiger partial charge in [0.15, 0.2) is 0 Å². The molecule has 0 heterocycles. The molecule has 0 bridgehead atoms. The zero-order valence-electron chi connectivity index (χ0n) is 11.5. The molecule has 1 atom stereocenters. The summed E-state index contributed by atoms with van der Waals surface area (Å²) in [5.74, 6) is -0.163. The number of nitrogens with two attached hydrogens (primary N) is 1. The molecule has 0 spiro atoms. The van der Waals surface area contributed by atoms with Crippen molar-refractivity contribution in [2.24, 2.45) is 5.73 Å². The summed E-state index contributed by atoms with van der Waals surface area (Å²) >= 11 is 0. The summed E-state index contributed by atoms with van der Waals surface area (Å²) < 4.78 is 5.22. The standard InChI is InChI=1S/C15H23NO2/c1-4-18-14(17)15(3,9-6-10-16)13-8-5-7-12(2)11-13/h5,7-8,11H,4,6,9-10,16H2,1-3H3. The van der Waals surface area contributed by atoms with Crippen LogP contribution < -0.4 is 5.73 Å². The molecular weight excluding hydrogens is 226 g/mol. The van der Waals surface area contributed by atoms with Crippen LogP contribution in [-0.2, 0) is 14.9 Å². The lowest BCUT2D eigenvalue weighted by molar-refractivity contribution is -0.149. The topological polar surface area (TPSA) is 52.3 Å². The van der Waals surface area contributed by atoms with Crippen LogP contribution in [0.15, 0.2) is 24.3 Å². The maximum absolute atomic E-state index is 12.2. The fourth-order valence-corrected chi connectivity index (χ4v) is 2.10. The van der Waals surface area contributed by atoms with Crippen molar-refractivity contribution < 1.29 is 9.53 Å². The van der Waals surface area contributed by atoms with Gasteiger partial charge in [-0.25, -0.2) is 0 Å². The van der Waals surface area contributed by atoms with Crippen molar-refractivity contribution in [1.82, 2.24) is 0 Å². The summed E-state index contributed by atoms with van der Waals surface area (Å²) in [7, 11) is 0. The highest BCUT2D eigenvalue weighted by atomic mass is 16.5. The second-order valence-corrected chi connectivity index (χ2v) is 4.81. The number of aryl methyl sites for hydroxylation is 1. The van der Waals surface area contributed by atoms with Gasteiger partial charge in [-0.05, 0) is 45.7 Å². The predicted octanol–water partition coefficient (Wildman–Crippen LogP) is 2.55. The summed E-state index contributed by atoms with van der Waals surface area (Å²) in [6, 6.07) is 8.04. The molecule has 0 aliphatic rings. The van der Waals surface area contributed by atoms with Crippen molar-refractivity contribution in [3.05, 3.63) is 35.4 Å². The maximum atomic E-state index is 12.2. The Balaban J connectivity index is 3.06. The van der Waals surface area contributed by atoms with E-state index in [1.165, 1.54) is 0 Å². The van der Waals surface area contributed by atoms with E-state index in [2.05, 4.69) is 0 Å². The van der Waals surface area contributed by atoms with Crippen molar-refractivity contribution in [1.29, 1.82) is 0 Å². The average molecular weight is 249 g/mol. The summed E-state index contributed by atoms with van der Waals surface area (Å²) in [4.78, 5) is 12.2. The van der Waals surface area contributed by atoms with Crippen LogP contribution in [0.25, 0.3) is 0 Å². The number of ether oxygens (including phenoxy) is 1. The van der Waals surface area contributed by atoms with E-state index in [9.17, 15) is 4.79 Å². The van der Waals surface area contributed by atoms with E-state index in [1.807, 2.05) is 45.0 Å². The third-order valence-electron chi connectivity index (χ3n) is 3.26. The van der Waals surface area contributed by atoms with Gasteiger partial charge in [0, 0.05) is 0 Å². The Labute approximate surface area is 109 Å². The molecule has 0 radical (unpaired) electrons. The third-order valence-corrected chi connectivity index (χ3v) is 3.26. The summed E-state index contributed by atoms with van der Waals surface area (Å²) in [5, 5.41) is 0. The fourth-order valence-electron chi connectivity index (χ4n) is 2.10. The van der Waals surface area contributed by atoms with E-state index in [0.717, 1.165) is 17.5 Å². The molecule has 1 aromatic carbocycles. The highest BCUT2D eigenvalue weighted by molar-refractivity contribution is 5.82. The minimum absolute atomic E-state index is 0.163. The SMILES string of the molecule is CCOC(=O)C(C)(CCCN)c1cccc(C)c1. The first-order valence-electron chi connectivity index (χ1n) is 6.49. The molecule has 0 aromatic heterocycles. The lowest BCUT2D eigenvalue weighted by Crippen LogP contribution is -2.35. The monoisotopic (exact) mass is 249 g/mol. The third kappa shape index (κ3) is 3.33. The number of rotatable bonds is 6. The van der Waals surface area contributed by atoms with Gasteiger partial charge in [0.1, 0.15) is 0 Å². The van der Waals surface area contributed by atoms with Crippen LogP contribution in [-0.4, -0.2) is 19.1 Å². The Hall–Kier alpha value is -1.35. The Kier molecular flexibility index (Phi) is 5.35. The molecule has 1 unspecified atom stereocenters. The van der Waals surface area contributed by atoms with Crippen molar-refractivity contribution in [2.75, 3.05) is 13.2 Å². The normalized spacial score (nSPS) is 14.0. The molecular formula is C15H23NO2. The van der Waals surface area contributed by atoms with Gasteiger partial charge in [-0.1, -0.05) is 29.8 Å². The highest BCUT2D eigenvalue weighted by Gasteiger charge is 2.36. The van der Waals surface area contributed by atoms with E-state index in [1.54, 1.807) is 0 Å². The first-order valence-corrected chi connectivity index (χ1v) is 6.49. The van der Waals surface area contributed by atoms with Crippen LogP contribution >= 0.6 is 0 Å². The Morgan fingerprint density at radius 3 is 2.72 bits per heavy atom. The van der Waals surface area contributed by atoms with E-state index < -0.39 is 5.41 Å². The average Bonchev–Trinajstić information content (AvgIpc) is 2.36. The maximum Gasteiger partial charge on any atom is 0.316 e. The molecule has 0 aliphatic heterocycles. The van der Waals surface area contributed by atoms with Gasteiger partial charge < -0.3 is 10.5 Å². The largest absolute Gasteiger partial charge is 0.465 e. The van der Waals surface area contributed by atoms with E-state index in [-0.39, 0.29) is 5.97 Å². The predicted molar refractivity (Wildman–Crippen MR) is 73.5 cm³/mol. The highest BCUT2D eigenvalue weighted by Crippen LogP contribution is 2.31. The van der Waals surface area contributed by atoms with Gasteiger partial charge in [-0.3, -0.25) is 4.79 Å². The molecule has 3 heteroatoms. The van der Waals surface area contributed by atoms with Crippen LogP contribution in [0.1, 0.15) is 37.8 Å². The minimum atomic E-state index is -0.596. The second kappa shape index (κ2) is 6.55. The first-order chi connectivity index (χ1) is 8.54. The summed E-state index contributed by atoms with van der Waals surface area (Å²) in [6.45, 7) is 6.79. The van der Waals surface area contributed by atoms with E-state index in [0.29, 0.717) is 19.6 Å². The van der Waals surface area contributed by atoms with Crippen molar-refractivity contribution in [2.45, 2.75) is 39.0 Å². The molecule has 100 valence electrons. The molecule has 3 nitrogen and oxygen atoms in total. The number of benzene rings is 1. The molecule has 0 saturated heterocycles. The van der Waals surface area contributed by atoms with Gasteiger partial charge in [-0.15, -0.1) is 0 Å². The van der Waals surface area contributed by atoms with E-state index >= 15 is 0 Å². The Bertz CT molecular complexity index is 403. The van der Waals surface area contributed by atoms with Crippen LogP contribution in [0.2, 0.25) is 0 Å². The first kappa shape index (κ1) is 14.7. The zero-order valence-corrected chi connectivity index (χ0v) is 11.5. The van der Waals surface area contributed by atoms with Gasteiger partial charge in [0.2, 0.25) is 0 Å². The Morgan fingerprint density at radius 2 is 2.17 bits per heavy atom. The minimum Gasteiger partial charge on any atom is -0.465 e. The molecule has 1 rings (SSSR count). The number of carbonyl (C=O) groups excluding carboxylic acids is 1. The molecule has 18 heavy (non-hydrogen) atoms. The zero-order chi connectivity index (χ0) is 13.6. The number of esters is 1. The van der Waals surface area contributed by atoms with Crippen LogP contribution in [0.4, 0.5) is 0 Å². The fraction of sp³-hybridized carbons (Fsp3) is 0.533. The van der Waals surface area contributed by atoms with Crippen LogP contribution in [0, 0.1) is 6.92 Å². The van der Waals surface area contributed by atoms with Gasteiger partial charge in [-0.2, -0.15) is 0 Å². The summed E-state index contributed by atoms with van der Waals surface area (Å²) in [6.07, 6.45) is 1.52. The lowest BCUT2D eigenvalue weighted by Gasteiger charge is -2.28. The van der Waals surface area contributed by atoms with Gasteiger partial charge in [0.05, 0.1) is 12.0 Å². The van der Waals surface area contributed by atoms with Crippen LogP contribution in [0.5, 0.6) is 0 Å². The lowest BCUT2D eigenvalue weighted by atomic mass is 9.78. The van der Waals surface area contributed by atoms with Crippen LogP contribution in [0.3, 0.4) is 0 Å². The number of hydrogen-bond acceptors (Lipinski definition) is 3. The van der Waals surface area contributed by atoms with E-state index in [4.69, 9.17) is 10.5 Å². The Morgan fingerprint density at radius 1 is 1.44 bits per heavy atom. The molecule has 0 aliphatic carbocycles. The van der Waals surface area contributed by atoms with Crippen molar-refractivity contribution in [3.8, 4) is 0 Å². The quantitative estimate of drug-likeness (QED) is 0.788. The van der Waals surface area contributed by atoms with Crippen molar-refractivity contribution >= 4 is 5.97 Å². The van der Waals surface area contributed by atoms with Gasteiger partial charge >= 0.3 is 5.97 Å². The molecule has 0 amide bonds. The smallest absolute Gasteiger partial charge is 0.316 e. The molecule has 1 aromatic rings. The number of hydrogen-bond donors (Lipinski definition) is 1. The number of carbonyl (C=O) groups is 1. The molecule has 2 N–H and O–H groups in total. The van der Waals surface area contributed by atoms with Gasteiger partial charge in [0.25, 0.3) is 0 Å². The second-order valence-electron chi connectivity index (χ2n) is 4.81.